The van der Waals surface area contributed by atoms with Crippen molar-refractivity contribution in [1.29, 1.82) is 0 Å². The first-order valence-electron chi connectivity index (χ1n) is 9.84. The van der Waals surface area contributed by atoms with Crippen LogP contribution in [0.4, 0.5) is 5.69 Å². The van der Waals surface area contributed by atoms with Crippen LogP contribution in [0.3, 0.4) is 0 Å². The smallest absolute Gasteiger partial charge is 0.247 e. The van der Waals surface area contributed by atoms with Crippen LogP contribution in [0, 0.1) is 0 Å². The number of likely N-dealkylation sites (N-methyl/N-ethyl adjacent to an activating group) is 1. The summed E-state index contributed by atoms with van der Waals surface area (Å²) in [6.45, 7) is 0.0190. The minimum Gasteiger partial charge on any atom is -0.494 e. The average molecular weight is 431 g/mol. The maximum absolute atomic E-state index is 13.5. The van der Waals surface area contributed by atoms with Gasteiger partial charge in [-0.25, -0.2) is 0 Å². The van der Waals surface area contributed by atoms with Crippen LogP contribution in [0.25, 0.3) is 5.76 Å². The highest BCUT2D eigenvalue weighted by Crippen LogP contribution is 2.42. The van der Waals surface area contributed by atoms with Gasteiger partial charge in [-0.2, -0.15) is 0 Å². The second kappa shape index (κ2) is 9.10. The van der Waals surface area contributed by atoms with Crippen molar-refractivity contribution in [2.75, 3.05) is 25.6 Å². The normalized spacial score (nSPS) is 12.9. The van der Waals surface area contributed by atoms with Crippen LogP contribution in [0.5, 0.6) is 0 Å². The highest BCUT2D eigenvalue weighted by atomic mass is 32.2. The van der Waals surface area contributed by atoms with Gasteiger partial charge >= 0.3 is 0 Å². The number of para-hydroxylation sites is 1. The van der Waals surface area contributed by atoms with Crippen molar-refractivity contribution in [3.8, 4) is 0 Å². The van der Waals surface area contributed by atoms with Gasteiger partial charge in [-0.15, -0.1) is 0 Å². The first kappa shape index (κ1) is 20.8. The quantitative estimate of drug-likeness (QED) is 0.413. The molecule has 5 nitrogen and oxygen atoms in total. The Morgan fingerprint density at radius 3 is 2.19 bits per heavy atom. The number of nitrogens with zero attached hydrogens (tertiary/aromatic N) is 2. The summed E-state index contributed by atoms with van der Waals surface area (Å²) >= 11 is 1.38. The number of hydrogen-bond acceptors (Lipinski definition) is 5. The number of ketones is 1. The summed E-state index contributed by atoms with van der Waals surface area (Å²) in [5.74, 6) is 0.153. The van der Waals surface area contributed by atoms with Gasteiger partial charge in [0.2, 0.25) is 11.7 Å². The SMILES string of the molecule is COC1=C(C(=O)c2ccccc2)N(CC(=O)N(C)c2ccccc2)Sc2ccccc21. The molecular formula is C25H22N2O3S. The Balaban J connectivity index is 1.73. The van der Waals surface area contributed by atoms with Crippen molar-refractivity contribution in [1.82, 2.24) is 4.31 Å². The molecule has 0 aliphatic carbocycles. The van der Waals surface area contributed by atoms with E-state index in [2.05, 4.69) is 0 Å². The molecule has 0 atom stereocenters. The molecule has 0 bridgehead atoms. The third-order valence-corrected chi connectivity index (χ3v) is 6.14. The zero-order valence-corrected chi connectivity index (χ0v) is 18.1. The lowest BCUT2D eigenvalue weighted by molar-refractivity contribution is -0.118. The highest BCUT2D eigenvalue weighted by Gasteiger charge is 2.33. The summed E-state index contributed by atoms with van der Waals surface area (Å²) in [6, 6.07) is 26.2. The Kier molecular flexibility index (Phi) is 6.09. The molecule has 1 aliphatic heterocycles. The number of ether oxygens (including phenoxy) is 1. The van der Waals surface area contributed by atoms with E-state index in [1.54, 1.807) is 35.5 Å². The maximum atomic E-state index is 13.5. The number of benzene rings is 3. The summed E-state index contributed by atoms with van der Waals surface area (Å²) in [7, 11) is 3.29. The zero-order valence-electron chi connectivity index (χ0n) is 17.3. The molecule has 0 aromatic heterocycles. The van der Waals surface area contributed by atoms with Crippen LogP contribution in [-0.2, 0) is 9.53 Å². The second-order valence-electron chi connectivity index (χ2n) is 6.99. The molecule has 3 aromatic carbocycles. The Labute approximate surface area is 186 Å². The Morgan fingerprint density at radius 1 is 0.903 bits per heavy atom. The molecule has 0 fully saturated rings. The molecule has 1 amide bonds. The van der Waals surface area contributed by atoms with E-state index in [4.69, 9.17) is 4.74 Å². The van der Waals surface area contributed by atoms with E-state index in [0.717, 1.165) is 16.1 Å². The highest BCUT2D eigenvalue weighted by molar-refractivity contribution is 7.97. The van der Waals surface area contributed by atoms with Crippen molar-refractivity contribution in [3.05, 3.63) is 102 Å². The lowest BCUT2D eigenvalue weighted by Crippen LogP contribution is -2.38. The molecule has 6 heteroatoms. The molecule has 1 heterocycles. The van der Waals surface area contributed by atoms with Crippen LogP contribution in [0.15, 0.2) is 95.5 Å². The van der Waals surface area contributed by atoms with Gasteiger partial charge in [0, 0.05) is 28.8 Å². The van der Waals surface area contributed by atoms with Crippen molar-refractivity contribution in [3.63, 3.8) is 0 Å². The molecule has 0 radical (unpaired) electrons. The number of allylic oxidation sites excluding steroid dienone is 1. The summed E-state index contributed by atoms with van der Waals surface area (Å²) in [4.78, 5) is 29.1. The van der Waals surface area contributed by atoms with Gasteiger partial charge in [-0.05, 0) is 36.2 Å². The van der Waals surface area contributed by atoms with Crippen molar-refractivity contribution >= 4 is 35.1 Å². The fourth-order valence-corrected chi connectivity index (χ4v) is 4.49. The number of anilines is 1. The van der Waals surface area contributed by atoms with Crippen LogP contribution in [-0.4, -0.2) is 36.7 Å². The summed E-state index contributed by atoms with van der Waals surface area (Å²) < 4.78 is 7.44. The van der Waals surface area contributed by atoms with Gasteiger partial charge in [-0.1, -0.05) is 60.7 Å². The van der Waals surface area contributed by atoms with E-state index in [0.29, 0.717) is 17.0 Å². The third-order valence-electron chi connectivity index (χ3n) is 5.06. The fraction of sp³-hybridized carbons (Fsp3) is 0.120. The van der Waals surface area contributed by atoms with E-state index in [1.165, 1.54) is 11.9 Å². The van der Waals surface area contributed by atoms with Crippen molar-refractivity contribution < 1.29 is 14.3 Å². The number of hydrogen-bond donors (Lipinski definition) is 0. The molecular weight excluding hydrogens is 408 g/mol. The predicted octanol–water partition coefficient (Wildman–Crippen LogP) is 4.87. The number of carbonyl (C=O) groups excluding carboxylic acids is 2. The fourth-order valence-electron chi connectivity index (χ4n) is 3.42. The van der Waals surface area contributed by atoms with E-state index in [-0.39, 0.29) is 18.2 Å². The topological polar surface area (TPSA) is 49.9 Å². The lowest BCUT2D eigenvalue weighted by Gasteiger charge is -2.32. The maximum Gasteiger partial charge on any atom is 0.247 e. The minimum atomic E-state index is -0.186. The van der Waals surface area contributed by atoms with Gasteiger partial charge in [0.25, 0.3) is 0 Å². The number of rotatable bonds is 6. The monoisotopic (exact) mass is 430 g/mol. The van der Waals surface area contributed by atoms with E-state index in [1.807, 2.05) is 72.8 Å². The molecule has 0 N–H and O–H groups in total. The molecule has 0 spiro atoms. The number of carbonyl (C=O) groups is 2. The van der Waals surface area contributed by atoms with Crippen molar-refractivity contribution in [2.24, 2.45) is 0 Å². The van der Waals surface area contributed by atoms with Gasteiger partial charge in [0.15, 0.2) is 5.76 Å². The van der Waals surface area contributed by atoms with Gasteiger partial charge in [0.1, 0.15) is 12.2 Å². The number of Topliss-reactive ketones (excluding diaryl/α,β-unsaturated/α-hetero) is 1. The molecule has 0 unspecified atom stereocenters. The average Bonchev–Trinajstić information content (AvgIpc) is 2.83. The molecule has 3 aromatic rings. The minimum absolute atomic E-state index is 0.0190. The van der Waals surface area contributed by atoms with Crippen molar-refractivity contribution in [2.45, 2.75) is 4.90 Å². The van der Waals surface area contributed by atoms with Gasteiger partial charge < -0.3 is 9.64 Å². The van der Waals surface area contributed by atoms with Crippen LogP contribution < -0.4 is 4.90 Å². The summed E-state index contributed by atoms with van der Waals surface area (Å²) in [6.07, 6.45) is 0. The molecule has 0 saturated heterocycles. The van der Waals surface area contributed by atoms with Crippen LogP contribution in [0.2, 0.25) is 0 Å². The number of amides is 1. The third kappa shape index (κ3) is 4.20. The van der Waals surface area contributed by atoms with Gasteiger partial charge in [0.05, 0.1) is 7.11 Å². The summed E-state index contributed by atoms with van der Waals surface area (Å²) in [5, 5.41) is 0. The lowest BCUT2D eigenvalue weighted by atomic mass is 10.0. The zero-order chi connectivity index (χ0) is 21.8. The van der Waals surface area contributed by atoms with Crippen LogP contribution >= 0.6 is 11.9 Å². The Bertz CT molecular complexity index is 1130. The number of fused-ring (bicyclic) bond motifs is 1. The molecule has 31 heavy (non-hydrogen) atoms. The van der Waals surface area contributed by atoms with E-state index < -0.39 is 0 Å². The molecule has 4 rings (SSSR count). The van der Waals surface area contributed by atoms with Crippen LogP contribution in [0.1, 0.15) is 15.9 Å². The first-order chi connectivity index (χ1) is 15.1. The van der Waals surface area contributed by atoms with E-state index in [9.17, 15) is 9.59 Å². The molecule has 156 valence electrons. The first-order valence-corrected chi connectivity index (χ1v) is 10.6. The standard InChI is InChI=1S/C25H22N2O3S/c1-26(19-13-7-4-8-14-19)22(28)17-27-23(24(29)18-11-5-3-6-12-18)25(30-2)20-15-9-10-16-21(20)31-27/h3-16H,17H2,1-2H3. The molecule has 0 saturated carbocycles. The Hall–Kier alpha value is -3.51. The second-order valence-corrected chi connectivity index (χ2v) is 8.05. The Morgan fingerprint density at radius 2 is 1.52 bits per heavy atom. The van der Waals surface area contributed by atoms with Gasteiger partial charge in [-0.3, -0.25) is 13.9 Å². The summed E-state index contributed by atoms with van der Waals surface area (Å²) in [5.41, 5.74) is 2.55. The number of methoxy groups -OCH3 is 1. The predicted molar refractivity (Wildman–Crippen MR) is 124 cm³/mol. The van der Waals surface area contributed by atoms with E-state index >= 15 is 0 Å². The molecule has 1 aliphatic rings. The largest absolute Gasteiger partial charge is 0.494 e.